The second kappa shape index (κ2) is 7.95. The summed E-state index contributed by atoms with van der Waals surface area (Å²) in [6, 6.07) is 4.87. The van der Waals surface area contributed by atoms with Crippen molar-refractivity contribution in [2.45, 2.75) is 57.5 Å². The molecule has 0 radical (unpaired) electrons. The molecule has 148 valence electrons. The first-order valence-electron chi connectivity index (χ1n) is 9.86. The minimum atomic E-state index is -0.451. The van der Waals surface area contributed by atoms with E-state index in [4.69, 9.17) is 0 Å². The molecule has 1 aliphatic heterocycles. The summed E-state index contributed by atoms with van der Waals surface area (Å²) in [5, 5.41) is 25.8. The second-order valence-electron chi connectivity index (χ2n) is 7.41. The van der Waals surface area contributed by atoms with Crippen LogP contribution in [0.2, 0.25) is 0 Å². The highest BCUT2D eigenvalue weighted by atomic mass is 16.6. The van der Waals surface area contributed by atoms with Gasteiger partial charge in [0.05, 0.1) is 4.92 Å². The Morgan fingerprint density at radius 1 is 1.25 bits per heavy atom. The molecule has 1 aliphatic carbocycles. The number of aromatic nitrogens is 3. The number of nitro groups is 1. The van der Waals surface area contributed by atoms with Crippen molar-refractivity contribution in [3.05, 3.63) is 45.5 Å². The number of rotatable bonds is 7. The van der Waals surface area contributed by atoms with Gasteiger partial charge >= 0.3 is 0 Å². The Morgan fingerprint density at radius 2 is 2.11 bits per heavy atom. The monoisotopic (exact) mass is 384 g/mol. The molecule has 1 aromatic heterocycles. The fourth-order valence-electron chi connectivity index (χ4n) is 3.51. The molecule has 0 unspecified atom stereocenters. The molecule has 2 heterocycles. The van der Waals surface area contributed by atoms with Crippen LogP contribution >= 0.6 is 0 Å². The number of nitro benzene ring substituents is 1. The lowest BCUT2D eigenvalue weighted by atomic mass is 10.1. The van der Waals surface area contributed by atoms with Crippen molar-refractivity contribution in [3.8, 4) is 0 Å². The van der Waals surface area contributed by atoms with Crippen LogP contribution in [-0.4, -0.2) is 38.2 Å². The zero-order valence-corrected chi connectivity index (χ0v) is 15.7. The molecule has 4 rings (SSSR count). The molecule has 28 heavy (non-hydrogen) atoms. The summed E-state index contributed by atoms with van der Waals surface area (Å²) in [6.07, 6.45) is 7.03. The summed E-state index contributed by atoms with van der Waals surface area (Å²) in [6.45, 7) is 1.33. The van der Waals surface area contributed by atoms with Crippen molar-refractivity contribution < 1.29 is 9.72 Å². The molecule has 1 saturated carbocycles. The van der Waals surface area contributed by atoms with Gasteiger partial charge in [0.2, 0.25) is 0 Å². The Bertz CT molecular complexity index is 890. The first-order valence-corrected chi connectivity index (χ1v) is 9.86. The number of benzene rings is 1. The zero-order chi connectivity index (χ0) is 19.5. The molecule has 2 aromatic rings. The Balaban J connectivity index is 1.38. The van der Waals surface area contributed by atoms with E-state index < -0.39 is 4.92 Å². The van der Waals surface area contributed by atoms with E-state index >= 15 is 0 Å². The van der Waals surface area contributed by atoms with Gasteiger partial charge in [0, 0.05) is 43.6 Å². The van der Waals surface area contributed by atoms with Crippen LogP contribution in [0.3, 0.4) is 0 Å². The number of aryl methyl sites for hydroxylation is 1. The predicted octanol–water partition coefficient (Wildman–Crippen LogP) is 2.46. The van der Waals surface area contributed by atoms with Crippen molar-refractivity contribution in [2.75, 3.05) is 11.9 Å². The standard InChI is InChI=1S/C19H24N6O3/c26-19(13-5-8-15(21-14-6-7-14)16(12-13)25(27)28)20-10-9-18-23-22-17-4-2-1-3-11-24(17)18/h5,8,12,14,21H,1-4,6-7,9-11H2,(H,20,26). The fourth-order valence-corrected chi connectivity index (χ4v) is 3.51. The van der Waals surface area contributed by atoms with Gasteiger partial charge in [-0.15, -0.1) is 10.2 Å². The lowest BCUT2D eigenvalue weighted by Crippen LogP contribution is -2.26. The fraction of sp³-hybridized carbons (Fsp3) is 0.526. The molecule has 1 aromatic carbocycles. The van der Waals surface area contributed by atoms with Gasteiger partial charge in [-0.05, 0) is 37.8 Å². The van der Waals surface area contributed by atoms with E-state index in [2.05, 4.69) is 25.4 Å². The predicted molar refractivity (Wildman–Crippen MR) is 103 cm³/mol. The van der Waals surface area contributed by atoms with Gasteiger partial charge in [-0.1, -0.05) is 6.42 Å². The molecule has 1 amide bonds. The summed E-state index contributed by atoms with van der Waals surface area (Å²) in [7, 11) is 0. The van der Waals surface area contributed by atoms with Crippen LogP contribution in [0.1, 0.15) is 54.1 Å². The number of hydrogen-bond acceptors (Lipinski definition) is 6. The maximum atomic E-state index is 12.4. The Morgan fingerprint density at radius 3 is 2.89 bits per heavy atom. The van der Waals surface area contributed by atoms with E-state index in [0.29, 0.717) is 24.7 Å². The van der Waals surface area contributed by atoms with Crippen molar-refractivity contribution in [1.29, 1.82) is 0 Å². The smallest absolute Gasteiger partial charge is 0.293 e. The van der Waals surface area contributed by atoms with Crippen LogP contribution in [-0.2, 0) is 19.4 Å². The van der Waals surface area contributed by atoms with Crippen molar-refractivity contribution >= 4 is 17.3 Å². The number of amides is 1. The highest BCUT2D eigenvalue weighted by molar-refractivity contribution is 5.95. The largest absolute Gasteiger partial charge is 0.377 e. The van der Waals surface area contributed by atoms with Crippen LogP contribution in [0, 0.1) is 10.1 Å². The first kappa shape index (κ1) is 18.4. The number of carbonyl (C=O) groups is 1. The third-order valence-corrected chi connectivity index (χ3v) is 5.21. The van der Waals surface area contributed by atoms with Gasteiger partial charge in [0.1, 0.15) is 17.3 Å². The maximum Gasteiger partial charge on any atom is 0.293 e. The zero-order valence-electron chi connectivity index (χ0n) is 15.7. The summed E-state index contributed by atoms with van der Waals surface area (Å²) in [5.41, 5.74) is 0.686. The third-order valence-electron chi connectivity index (χ3n) is 5.21. The van der Waals surface area contributed by atoms with Gasteiger partial charge < -0.3 is 15.2 Å². The highest BCUT2D eigenvalue weighted by Gasteiger charge is 2.25. The number of fused-ring (bicyclic) bond motifs is 1. The Hall–Kier alpha value is -2.97. The van der Waals surface area contributed by atoms with E-state index in [1.165, 1.54) is 12.5 Å². The first-order chi connectivity index (χ1) is 13.6. The van der Waals surface area contributed by atoms with Crippen molar-refractivity contribution in [3.63, 3.8) is 0 Å². The molecule has 9 nitrogen and oxygen atoms in total. The van der Waals surface area contributed by atoms with E-state index in [1.54, 1.807) is 12.1 Å². The lowest BCUT2D eigenvalue weighted by molar-refractivity contribution is -0.384. The summed E-state index contributed by atoms with van der Waals surface area (Å²) >= 11 is 0. The minimum absolute atomic E-state index is 0.0673. The average Bonchev–Trinajstić information content (AvgIpc) is 3.46. The van der Waals surface area contributed by atoms with Crippen LogP contribution in [0.25, 0.3) is 0 Å². The highest BCUT2D eigenvalue weighted by Crippen LogP contribution is 2.31. The molecular formula is C19H24N6O3. The molecule has 0 saturated heterocycles. The minimum Gasteiger partial charge on any atom is -0.377 e. The quantitative estimate of drug-likeness (QED) is 0.560. The normalized spacial score (nSPS) is 16.1. The van der Waals surface area contributed by atoms with E-state index in [0.717, 1.165) is 50.3 Å². The van der Waals surface area contributed by atoms with Crippen LogP contribution in [0.5, 0.6) is 0 Å². The molecule has 9 heteroatoms. The van der Waals surface area contributed by atoms with Gasteiger partial charge in [0.25, 0.3) is 11.6 Å². The molecule has 0 atom stereocenters. The van der Waals surface area contributed by atoms with Gasteiger partial charge in [-0.25, -0.2) is 0 Å². The van der Waals surface area contributed by atoms with Crippen LogP contribution < -0.4 is 10.6 Å². The Labute approximate surface area is 162 Å². The van der Waals surface area contributed by atoms with E-state index in [1.807, 2.05) is 0 Å². The van der Waals surface area contributed by atoms with Gasteiger partial charge in [0.15, 0.2) is 0 Å². The average molecular weight is 384 g/mol. The van der Waals surface area contributed by atoms with E-state index in [-0.39, 0.29) is 17.2 Å². The Kier molecular flexibility index (Phi) is 5.23. The SMILES string of the molecule is O=C(NCCc1nnc2n1CCCCC2)c1ccc(NC2CC2)c([N+](=O)[O-])c1. The maximum absolute atomic E-state index is 12.4. The number of carbonyl (C=O) groups excluding carboxylic acids is 1. The second-order valence-corrected chi connectivity index (χ2v) is 7.41. The molecular weight excluding hydrogens is 360 g/mol. The summed E-state index contributed by atoms with van der Waals surface area (Å²) in [4.78, 5) is 23.3. The molecule has 0 spiro atoms. The number of nitrogens with one attached hydrogen (secondary N) is 2. The van der Waals surface area contributed by atoms with Crippen LogP contribution in [0.15, 0.2) is 18.2 Å². The molecule has 2 N–H and O–H groups in total. The topological polar surface area (TPSA) is 115 Å². The number of anilines is 1. The summed E-state index contributed by atoms with van der Waals surface area (Å²) < 4.78 is 2.16. The van der Waals surface area contributed by atoms with Gasteiger partial charge in [-0.2, -0.15) is 0 Å². The van der Waals surface area contributed by atoms with Gasteiger partial charge in [-0.3, -0.25) is 14.9 Å². The van der Waals surface area contributed by atoms with Crippen molar-refractivity contribution in [2.24, 2.45) is 0 Å². The van der Waals surface area contributed by atoms with Crippen molar-refractivity contribution in [1.82, 2.24) is 20.1 Å². The van der Waals surface area contributed by atoms with Crippen LogP contribution in [0.4, 0.5) is 11.4 Å². The molecule has 2 aliphatic rings. The summed E-state index contributed by atoms with van der Waals surface area (Å²) in [5.74, 6) is 1.58. The molecule has 0 bridgehead atoms. The number of hydrogen-bond donors (Lipinski definition) is 2. The number of nitrogens with zero attached hydrogens (tertiary/aromatic N) is 4. The van der Waals surface area contributed by atoms with E-state index in [9.17, 15) is 14.9 Å². The molecule has 1 fully saturated rings. The lowest BCUT2D eigenvalue weighted by Gasteiger charge is -2.09. The third kappa shape index (κ3) is 4.13.